The summed E-state index contributed by atoms with van der Waals surface area (Å²) in [6, 6.07) is 3.78. The predicted octanol–water partition coefficient (Wildman–Crippen LogP) is -0.718. The number of likely N-dealkylation sites (tertiary alicyclic amines) is 1. The Morgan fingerprint density at radius 3 is 2.58 bits per heavy atom. The first-order valence-corrected chi connectivity index (χ1v) is 10.6. The van der Waals surface area contributed by atoms with Gasteiger partial charge in [0.15, 0.2) is 5.96 Å². The Kier molecular flexibility index (Phi) is 9.54. The standard InChI is InChI=1S/C20H30N8O5/c1-23-12-17(29)27-11-3-5-16(27)19(31)26-15(4-2-10-24-20(21)22)18(30)25-13-6-8-14(9-7-13)28(32)33/h6-9,15-16,23H,2-5,10-12H2,1H3,(H,25,30)(H,26,31)(H4,21,22,24)/t15-,16+/m0/s1. The van der Waals surface area contributed by atoms with E-state index in [0.29, 0.717) is 31.5 Å². The Balaban J connectivity index is 2.09. The van der Waals surface area contributed by atoms with Gasteiger partial charge in [-0.25, -0.2) is 0 Å². The van der Waals surface area contributed by atoms with Gasteiger partial charge in [0.2, 0.25) is 17.7 Å². The lowest BCUT2D eigenvalue weighted by molar-refractivity contribution is -0.384. The van der Waals surface area contributed by atoms with Crippen LogP contribution in [0, 0.1) is 10.1 Å². The van der Waals surface area contributed by atoms with Crippen LogP contribution in [0.15, 0.2) is 29.3 Å². The second kappa shape index (κ2) is 12.3. The fraction of sp³-hybridized carbons (Fsp3) is 0.500. The van der Waals surface area contributed by atoms with E-state index < -0.39 is 28.8 Å². The fourth-order valence-electron chi connectivity index (χ4n) is 3.53. The molecule has 0 saturated carbocycles. The molecule has 2 rings (SSSR count). The molecule has 1 saturated heterocycles. The van der Waals surface area contributed by atoms with Crippen molar-refractivity contribution >= 4 is 35.1 Å². The van der Waals surface area contributed by atoms with Gasteiger partial charge in [0, 0.05) is 30.9 Å². The molecule has 0 unspecified atom stereocenters. The van der Waals surface area contributed by atoms with E-state index in [9.17, 15) is 24.5 Å². The van der Waals surface area contributed by atoms with Crippen LogP contribution >= 0.6 is 0 Å². The summed E-state index contributed by atoms with van der Waals surface area (Å²) in [5.74, 6) is -1.17. The molecule has 1 aliphatic rings. The second-order valence-corrected chi connectivity index (χ2v) is 7.58. The van der Waals surface area contributed by atoms with Crippen LogP contribution in [0.4, 0.5) is 11.4 Å². The monoisotopic (exact) mass is 462 g/mol. The first kappa shape index (κ1) is 25.5. The number of rotatable bonds is 11. The summed E-state index contributed by atoms with van der Waals surface area (Å²) in [6.07, 6.45) is 1.87. The third-order valence-corrected chi connectivity index (χ3v) is 5.13. The molecule has 0 aliphatic carbocycles. The molecule has 1 aromatic rings. The molecule has 13 nitrogen and oxygen atoms in total. The van der Waals surface area contributed by atoms with Gasteiger partial charge in [0.1, 0.15) is 12.1 Å². The Labute approximate surface area is 191 Å². The number of aliphatic imine (C=N–C) groups is 1. The van der Waals surface area contributed by atoms with Crippen molar-refractivity contribution in [2.24, 2.45) is 16.5 Å². The van der Waals surface area contributed by atoms with Crippen molar-refractivity contribution in [2.45, 2.75) is 37.8 Å². The van der Waals surface area contributed by atoms with Gasteiger partial charge in [-0.15, -0.1) is 0 Å². The molecule has 3 amide bonds. The first-order valence-electron chi connectivity index (χ1n) is 10.6. The number of nitrogens with zero attached hydrogens (tertiary/aromatic N) is 3. The van der Waals surface area contributed by atoms with Gasteiger partial charge in [-0.3, -0.25) is 29.5 Å². The van der Waals surface area contributed by atoms with Gasteiger partial charge in [-0.2, -0.15) is 0 Å². The summed E-state index contributed by atoms with van der Waals surface area (Å²) in [5.41, 5.74) is 10.9. The van der Waals surface area contributed by atoms with Crippen molar-refractivity contribution in [1.82, 2.24) is 15.5 Å². The van der Waals surface area contributed by atoms with Crippen LogP contribution in [-0.2, 0) is 14.4 Å². The molecule has 0 radical (unpaired) electrons. The number of amides is 3. The Morgan fingerprint density at radius 1 is 1.27 bits per heavy atom. The lowest BCUT2D eigenvalue weighted by Crippen LogP contribution is -2.53. The minimum atomic E-state index is -0.913. The second-order valence-electron chi connectivity index (χ2n) is 7.58. The fourth-order valence-corrected chi connectivity index (χ4v) is 3.53. The minimum absolute atomic E-state index is 0.0736. The van der Waals surface area contributed by atoms with Crippen molar-refractivity contribution in [3.63, 3.8) is 0 Å². The van der Waals surface area contributed by atoms with Gasteiger partial charge in [0.25, 0.3) is 5.69 Å². The van der Waals surface area contributed by atoms with Crippen LogP contribution in [0.5, 0.6) is 0 Å². The molecule has 0 bridgehead atoms. The summed E-state index contributed by atoms with van der Waals surface area (Å²) < 4.78 is 0. The lowest BCUT2D eigenvalue weighted by Gasteiger charge is -2.26. The van der Waals surface area contributed by atoms with Crippen LogP contribution in [-0.4, -0.2) is 72.3 Å². The van der Waals surface area contributed by atoms with Crippen molar-refractivity contribution in [3.8, 4) is 0 Å². The Bertz CT molecular complexity index is 885. The van der Waals surface area contributed by atoms with Gasteiger partial charge >= 0.3 is 0 Å². The number of carbonyl (C=O) groups excluding carboxylic acids is 3. The predicted molar refractivity (Wildman–Crippen MR) is 122 cm³/mol. The lowest BCUT2D eigenvalue weighted by atomic mass is 10.1. The van der Waals surface area contributed by atoms with E-state index in [-0.39, 0.29) is 37.1 Å². The highest BCUT2D eigenvalue weighted by atomic mass is 16.6. The number of benzene rings is 1. The molecule has 7 N–H and O–H groups in total. The molecule has 1 heterocycles. The third-order valence-electron chi connectivity index (χ3n) is 5.13. The van der Waals surface area contributed by atoms with Crippen molar-refractivity contribution in [1.29, 1.82) is 0 Å². The summed E-state index contributed by atoms with van der Waals surface area (Å²) >= 11 is 0. The quantitative estimate of drug-likeness (QED) is 0.0932. The highest BCUT2D eigenvalue weighted by Crippen LogP contribution is 2.19. The van der Waals surface area contributed by atoms with Crippen LogP contribution in [0.2, 0.25) is 0 Å². The summed E-state index contributed by atoms with van der Waals surface area (Å²) in [7, 11) is 1.65. The molecular formula is C20H30N8O5. The van der Waals surface area contributed by atoms with Crippen LogP contribution in [0.1, 0.15) is 25.7 Å². The molecular weight excluding hydrogens is 432 g/mol. The number of nitrogens with one attached hydrogen (secondary N) is 3. The summed E-state index contributed by atoms with van der Waals surface area (Å²) in [5, 5.41) is 19.0. The summed E-state index contributed by atoms with van der Waals surface area (Å²) in [4.78, 5) is 53.8. The van der Waals surface area contributed by atoms with E-state index >= 15 is 0 Å². The zero-order chi connectivity index (χ0) is 24.4. The van der Waals surface area contributed by atoms with E-state index in [2.05, 4.69) is 20.9 Å². The normalized spacial score (nSPS) is 16.0. The highest BCUT2D eigenvalue weighted by Gasteiger charge is 2.35. The number of carbonyl (C=O) groups is 3. The first-order chi connectivity index (χ1) is 15.7. The average Bonchev–Trinajstić information content (AvgIpc) is 3.26. The zero-order valence-electron chi connectivity index (χ0n) is 18.5. The molecule has 13 heteroatoms. The number of nitro groups is 1. The number of non-ortho nitro benzene ring substituents is 1. The molecule has 2 atom stereocenters. The molecule has 33 heavy (non-hydrogen) atoms. The van der Waals surface area contributed by atoms with E-state index in [1.165, 1.54) is 29.2 Å². The number of nitro benzene ring substituents is 1. The Hall–Kier alpha value is -3.74. The van der Waals surface area contributed by atoms with E-state index in [1.54, 1.807) is 7.05 Å². The maximum Gasteiger partial charge on any atom is 0.269 e. The minimum Gasteiger partial charge on any atom is -0.370 e. The van der Waals surface area contributed by atoms with E-state index in [0.717, 1.165) is 0 Å². The van der Waals surface area contributed by atoms with Crippen LogP contribution < -0.4 is 27.4 Å². The van der Waals surface area contributed by atoms with E-state index in [4.69, 9.17) is 11.5 Å². The van der Waals surface area contributed by atoms with Crippen molar-refractivity contribution < 1.29 is 19.3 Å². The summed E-state index contributed by atoms with van der Waals surface area (Å²) in [6.45, 7) is 0.866. The number of anilines is 1. The maximum absolute atomic E-state index is 12.9. The molecule has 1 aromatic carbocycles. The van der Waals surface area contributed by atoms with Crippen LogP contribution in [0.25, 0.3) is 0 Å². The molecule has 0 spiro atoms. The van der Waals surface area contributed by atoms with Gasteiger partial charge in [0.05, 0.1) is 11.5 Å². The topological polar surface area (TPSA) is 198 Å². The Morgan fingerprint density at radius 2 is 1.97 bits per heavy atom. The molecule has 1 aliphatic heterocycles. The SMILES string of the molecule is CNCC(=O)N1CCC[C@@H]1C(=O)N[C@@H](CCCN=C(N)N)C(=O)Nc1ccc([N+](=O)[O-])cc1. The van der Waals surface area contributed by atoms with Crippen LogP contribution in [0.3, 0.4) is 0 Å². The molecule has 1 fully saturated rings. The molecule has 180 valence electrons. The highest BCUT2D eigenvalue weighted by molar-refractivity contribution is 5.98. The number of likely N-dealkylation sites (N-methyl/N-ethyl adjacent to an activating group) is 1. The number of hydrogen-bond donors (Lipinski definition) is 5. The largest absolute Gasteiger partial charge is 0.370 e. The van der Waals surface area contributed by atoms with Gasteiger partial charge < -0.3 is 32.3 Å². The number of hydrogen-bond acceptors (Lipinski definition) is 7. The van der Waals surface area contributed by atoms with Crippen molar-refractivity contribution in [3.05, 3.63) is 34.4 Å². The third kappa shape index (κ3) is 7.71. The van der Waals surface area contributed by atoms with Gasteiger partial charge in [-0.05, 0) is 44.9 Å². The average molecular weight is 463 g/mol. The maximum atomic E-state index is 12.9. The van der Waals surface area contributed by atoms with E-state index in [1.807, 2.05) is 0 Å². The number of nitrogens with two attached hydrogens (primary N) is 2. The zero-order valence-corrected chi connectivity index (χ0v) is 18.5. The number of guanidine groups is 1. The smallest absolute Gasteiger partial charge is 0.269 e. The molecule has 0 aromatic heterocycles. The van der Waals surface area contributed by atoms with Crippen molar-refractivity contribution in [2.75, 3.05) is 32.0 Å². The van der Waals surface area contributed by atoms with Gasteiger partial charge in [-0.1, -0.05) is 0 Å².